The minimum Gasteiger partial charge on any atom is -0.339 e. The van der Waals surface area contributed by atoms with Crippen LogP contribution >= 0.6 is 12.4 Å². The number of carbonyl (C=O) groups is 1. The first kappa shape index (κ1) is 15.9. The molecule has 3 fully saturated rings. The van der Waals surface area contributed by atoms with Crippen LogP contribution in [0.3, 0.4) is 0 Å². The van der Waals surface area contributed by atoms with Gasteiger partial charge in [0.2, 0.25) is 5.89 Å². The Labute approximate surface area is 137 Å². The van der Waals surface area contributed by atoms with Gasteiger partial charge in [0.25, 0.3) is 0 Å². The van der Waals surface area contributed by atoms with Gasteiger partial charge in [0.05, 0.1) is 0 Å². The summed E-state index contributed by atoms with van der Waals surface area (Å²) in [7, 11) is 0. The van der Waals surface area contributed by atoms with Gasteiger partial charge in [-0.3, -0.25) is 4.79 Å². The Balaban J connectivity index is 0.00000144. The summed E-state index contributed by atoms with van der Waals surface area (Å²) in [6.45, 7) is 2.07. The van der Waals surface area contributed by atoms with Crippen molar-refractivity contribution >= 4 is 18.2 Å². The van der Waals surface area contributed by atoms with Crippen molar-refractivity contribution in [2.45, 2.75) is 63.2 Å². The topological polar surface area (TPSA) is 68.0 Å². The van der Waals surface area contributed by atoms with E-state index in [-0.39, 0.29) is 12.4 Å². The fraction of sp³-hybridized carbons (Fsp3) is 0.812. The number of hydrogen-bond donors (Lipinski definition) is 1. The van der Waals surface area contributed by atoms with Crippen molar-refractivity contribution in [3.63, 3.8) is 0 Å². The van der Waals surface area contributed by atoms with E-state index in [0.717, 1.165) is 69.8 Å². The Hall–Kier alpha value is -0.940. The molecule has 4 rings (SSSR count). The first-order valence-electron chi connectivity index (χ1n) is 8.30. The van der Waals surface area contributed by atoms with Gasteiger partial charge in [-0.2, -0.15) is 4.98 Å². The van der Waals surface area contributed by atoms with Crippen LogP contribution in [0.15, 0.2) is 4.52 Å². The van der Waals surface area contributed by atoms with Crippen LogP contribution in [0, 0.1) is 5.41 Å². The monoisotopic (exact) mass is 325 g/mol. The zero-order valence-electron chi connectivity index (χ0n) is 12.8. The maximum Gasteiger partial charge on any atom is 0.229 e. The average molecular weight is 326 g/mol. The Bertz CT molecular complexity index is 521. The van der Waals surface area contributed by atoms with Crippen LogP contribution < -0.4 is 5.32 Å². The van der Waals surface area contributed by atoms with E-state index >= 15 is 0 Å². The second kappa shape index (κ2) is 6.28. The molecule has 6 heteroatoms. The molecule has 1 saturated heterocycles. The third kappa shape index (κ3) is 2.93. The van der Waals surface area contributed by atoms with Crippen LogP contribution in [0.2, 0.25) is 0 Å². The Morgan fingerprint density at radius 1 is 1.14 bits per heavy atom. The molecule has 22 heavy (non-hydrogen) atoms. The van der Waals surface area contributed by atoms with Crippen molar-refractivity contribution in [1.82, 2.24) is 15.5 Å². The number of carbonyl (C=O) groups excluding carboxylic acids is 1. The summed E-state index contributed by atoms with van der Waals surface area (Å²) in [6, 6.07) is 0. The molecule has 0 bridgehead atoms. The zero-order valence-corrected chi connectivity index (χ0v) is 13.7. The van der Waals surface area contributed by atoms with Crippen LogP contribution in [0.4, 0.5) is 0 Å². The molecule has 1 aromatic rings. The van der Waals surface area contributed by atoms with E-state index in [0.29, 0.717) is 23.0 Å². The number of hydrogen-bond acceptors (Lipinski definition) is 5. The number of aromatic nitrogens is 2. The van der Waals surface area contributed by atoms with Gasteiger partial charge >= 0.3 is 0 Å². The van der Waals surface area contributed by atoms with E-state index in [2.05, 4.69) is 15.5 Å². The van der Waals surface area contributed by atoms with Gasteiger partial charge in [0, 0.05) is 31.2 Å². The highest BCUT2D eigenvalue weighted by Gasteiger charge is 2.46. The smallest absolute Gasteiger partial charge is 0.229 e. The molecule has 1 N–H and O–H groups in total. The van der Waals surface area contributed by atoms with Gasteiger partial charge in [0.15, 0.2) is 5.82 Å². The van der Waals surface area contributed by atoms with Gasteiger partial charge in [-0.15, -0.1) is 12.4 Å². The number of nitrogens with zero attached hydrogens (tertiary/aromatic N) is 2. The second-order valence-corrected chi connectivity index (χ2v) is 7.20. The molecule has 1 aromatic heterocycles. The molecule has 5 nitrogen and oxygen atoms in total. The Kier molecular flexibility index (Phi) is 4.55. The zero-order chi connectivity index (χ0) is 14.3. The van der Waals surface area contributed by atoms with Gasteiger partial charge < -0.3 is 9.84 Å². The average Bonchev–Trinajstić information content (AvgIpc) is 2.97. The van der Waals surface area contributed by atoms with E-state index < -0.39 is 0 Å². The lowest BCUT2D eigenvalue weighted by atomic mass is 9.58. The SMILES string of the molecule is Cl.O=C1CC2(CCC(c3nc(C4CCCNC4)no3)CC2)C1. The van der Waals surface area contributed by atoms with Gasteiger partial charge in [0.1, 0.15) is 5.78 Å². The fourth-order valence-electron chi connectivity index (χ4n) is 4.27. The molecule has 122 valence electrons. The number of ketones is 1. The van der Waals surface area contributed by atoms with E-state index in [4.69, 9.17) is 4.52 Å². The Morgan fingerprint density at radius 3 is 2.55 bits per heavy atom. The quantitative estimate of drug-likeness (QED) is 0.905. The highest BCUT2D eigenvalue weighted by atomic mass is 35.5. The molecule has 1 unspecified atom stereocenters. The normalized spacial score (nSPS) is 28.2. The van der Waals surface area contributed by atoms with Crippen LogP contribution in [0.25, 0.3) is 0 Å². The summed E-state index contributed by atoms with van der Waals surface area (Å²) >= 11 is 0. The number of piperidine rings is 1. The summed E-state index contributed by atoms with van der Waals surface area (Å²) in [5.41, 5.74) is 0.337. The largest absolute Gasteiger partial charge is 0.339 e. The molecule has 1 atom stereocenters. The maximum absolute atomic E-state index is 11.3. The summed E-state index contributed by atoms with van der Waals surface area (Å²) in [5.74, 6) is 2.98. The van der Waals surface area contributed by atoms with Crippen molar-refractivity contribution in [2.24, 2.45) is 5.41 Å². The molecule has 0 radical (unpaired) electrons. The van der Waals surface area contributed by atoms with Crippen molar-refractivity contribution in [3.05, 3.63) is 11.7 Å². The van der Waals surface area contributed by atoms with Gasteiger partial charge in [-0.1, -0.05) is 5.16 Å². The van der Waals surface area contributed by atoms with Crippen molar-refractivity contribution in [3.8, 4) is 0 Å². The van der Waals surface area contributed by atoms with Gasteiger partial charge in [-0.05, 0) is 50.5 Å². The minimum absolute atomic E-state index is 0. The molecular weight excluding hydrogens is 302 g/mol. The third-order valence-corrected chi connectivity index (χ3v) is 5.66. The van der Waals surface area contributed by atoms with Crippen molar-refractivity contribution in [2.75, 3.05) is 13.1 Å². The molecule has 2 heterocycles. The van der Waals surface area contributed by atoms with Gasteiger partial charge in [-0.25, -0.2) is 0 Å². The van der Waals surface area contributed by atoms with E-state index in [1.54, 1.807) is 0 Å². The molecule has 0 amide bonds. The minimum atomic E-state index is 0. The van der Waals surface area contributed by atoms with Crippen molar-refractivity contribution in [1.29, 1.82) is 0 Å². The van der Waals surface area contributed by atoms with E-state index in [1.165, 1.54) is 6.42 Å². The highest BCUT2D eigenvalue weighted by molar-refractivity contribution is 5.86. The van der Waals surface area contributed by atoms with E-state index in [1.807, 2.05) is 0 Å². The highest BCUT2D eigenvalue weighted by Crippen LogP contribution is 2.52. The molecule has 1 spiro atoms. The third-order valence-electron chi connectivity index (χ3n) is 5.66. The molecular formula is C16H24ClN3O2. The lowest BCUT2D eigenvalue weighted by Crippen LogP contribution is -2.40. The number of Topliss-reactive ketones (excluding diaryl/α,β-unsaturated/α-hetero) is 1. The molecule has 3 aliphatic rings. The van der Waals surface area contributed by atoms with Crippen molar-refractivity contribution < 1.29 is 9.32 Å². The van der Waals surface area contributed by atoms with Crippen LogP contribution in [-0.4, -0.2) is 29.0 Å². The summed E-state index contributed by atoms with van der Waals surface area (Å²) < 4.78 is 5.54. The second-order valence-electron chi connectivity index (χ2n) is 7.20. The standard InChI is InChI=1S/C16H23N3O2.ClH/c20-13-8-16(9-13)5-3-11(4-6-16)15-18-14(19-21-15)12-2-1-7-17-10-12;/h11-12,17H,1-10H2;1H. The van der Waals surface area contributed by atoms with Crippen LogP contribution in [-0.2, 0) is 4.79 Å². The molecule has 0 aromatic carbocycles. The lowest BCUT2D eigenvalue weighted by Gasteiger charge is -2.45. The lowest BCUT2D eigenvalue weighted by molar-refractivity contribution is -0.134. The summed E-state index contributed by atoms with van der Waals surface area (Å²) in [5, 5.41) is 7.62. The molecule has 2 aliphatic carbocycles. The first-order valence-corrected chi connectivity index (χ1v) is 8.30. The summed E-state index contributed by atoms with van der Waals surface area (Å²) in [6.07, 6.45) is 8.44. The predicted molar refractivity (Wildman–Crippen MR) is 84.3 cm³/mol. The number of nitrogens with one attached hydrogen (secondary N) is 1. The predicted octanol–water partition coefficient (Wildman–Crippen LogP) is 2.97. The van der Waals surface area contributed by atoms with Crippen LogP contribution in [0.5, 0.6) is 0 Å². The van der Waals surface area contributed by atoms with Crippen LogP contribution in [0.1, 0.15) is 74.9 Å². The van der Waals surface area contributed by atoms with E-state index in [9.17, 15) is 4.79 Å². The molecule has 1 aliphatic heterocycles. The fourth-order valence-corrected chi connectivity index (χ4v) is 4.27. The summed E-state index contributed by atoms with van der Waals surface area (Å²) in [4.78, 5) is 15.9. The maximum atomic E-state index is 11.3. The molecule has 2 saturated carbocycles. The number of halogens is 1. The Morgan fingerprint density at radius 2 is 1.91 bits per heavy atom. The first-order chi connectivity index (χ1) is 10.2. The number of rotatable bonds is 2.